The van der Waals surface area contributed by atoms with Crippen molar-refractivity contribution in [1.29, 1.82) is 0 Å². The average Bonchev–Trinajstić information content (AvgIpc) is 1.78. The molecule has 0 saturated heterocycles. The van der Waals surface area contributed by atoms with Crippen LogP contribution in [0.5, 0.6) is 11.5 Å². The number of rotatable bonds is 32. The van der Waals surface area contributed by atoms with Crippen molar-refractivity contribution in [3.05, 3.63) is 189 Å². The number of esters is 2. The highest BCUT2D eigenvalue weighted by Gasteiger charge is 2.54. The fourth-order valence-corrected chi connectivity index (χ4v) is 13.7. The first kappa shape index (κ1) is 60.6. The molecule has 0 saturated carbocycles. The first-order chi connectivity index (χ1) is 41.5. The maximum atomic E-state index is 14.4. The lowest BCUT2D eigenvalue weighted by Crippen LogP contribution is -2.32. The lowest BCUT2D eigenvalue weighted by atomic mass is 9.77. The zero-order valence-electron chi connectivity index (χ0n) is 51.8. The lowest BCUT2D eigenvalue weighted by Gasteiger charge is -2.34. The summed E-state index contributed by atoms with van der Waals surface area (Å²) in [5, 5.41) is 2.03. The maximum absolute atomic E-state index is 14.4. The third-order valence-corrected chi connectivity index (χ3v) is 17.9. The fraction of sp³-hybridized carbons (Fsp3) is 0.432. The van der Waals surface area contributed by atoms with Gasteiger partial charge in [0.1, 0.15) is 24.7 Å². The smallest absolute Gasteiger partial charge is 0.340 e. The molecule has 11 nitrogen and oxygen atoms in total. The second-order valence-electron chi connectivity index (χ2n) is 23.6. The van der Waals surface area contributed by atoms with Gasteiger partial charge in [0, 0.05) is 116 Å². The summed E-state index contributed by atoms with van der Waals surface area (Å²) in [5.74, 6) is 1.30. The molecule has 0 radical (unpaired) electrons. The maximum Gasteiger partial charge on any atom is 0.340 e. The third kappa shape index (κ3) is 12.2. The molecule has 0 spiro atoms. The molecule has 2 aliphatic heterocycles. The van der Waals surface area contributed by atoms with Crippen molar-refractivity contribution in [2.24, 2.45) is 11.8 Å². The van der Waals surface area contributed by atoms with E-state index in [1.165, 1.54) is 51.4 Å². The summed E-state index contributed by atoms with van der Waals surface area (Å²) >= 11 is 0. The van der Waals surface area contributed by atoms with E-state index in [9.17, 15) is 9.59 Å². The van der Waals surface area contributed by atoms with Crippen molar-refractivity contribution in [1.82, 2.24) is 9.97 Å². The molecule has 10 rings (SSSR count). The number of aromatic amines is 2. The number of para-hydroxylation sites is 2. The summed E-state index contributed by atoms with van der Waals surface area (Å²) < 4.78 is 34.4. The lowest BCUT2D eigenvalue weighted by molar-refractivity contribution is 0.0235. The fourth-order valence-electron chi connectivity index (χ4n) is 13.7. The molecular formula is C74H90N4O7. The Hall–Kier alpha value is -7.50. The van der Waals surface area contributed by atoms with E-state index in [-0.39, 0.29) is 38.4 Å². The van der Waals surface area contributed by atoms with Crippen LogP contribution in [0.15, 0.2) is 133 Å². The van der Waals surface area contributed by atoms with Crippen molar-refractivity contribution in [2.75, 3.05) is 62.4 Å². The van der Waals surface area contributed by atoms with Crippen molar-refractivity contribution >= 4 is 45.1 Å². The van der Waals surface area contributed by atoms with Crippen LogP contribution < -0.4 is 19.3 Å². The quantitative estimate of drug-likeness (QED) is 0.0314. The van der Waals surface area contributed by atoms with Gasteiger partial charge in [-0.1, -0.05) is 165 Å². The van der Waals surface area contributed by atoms with Gasteiger partial charge in [0.15, 0.2) is 11.2 Å². The Morgan fingerprint density at radius 3 is 1.27 bits per heavy atom. The number of nitrogens with zero attached hydrogens (tertiary/aromatic N) is 2. The highest BCUT2D eigenvalue weighted by Crippen LogP contribution is 2.55. The SMILES string of the molecule is CCCCCCC(C)Cc1[nH]c2ccccc2c1C1(c2ccc(N(CC)CC)cc2OCCOCCOc2cc(N(CC)CC)ccc2C2(c3c(CC(C)CCCCCC)[nH]c4ccccc34)OC(=O)c3ccccc32)OC(=O)c2ccccc21. The number of anilines is 2. The van der Waals surface area contributed by atoms with Crippen LogP contribution in [0.3, 0.4) is 0 Å². The van der Waals surface area contributed by atoms with Crippen molar-refractivity contribution in [3.63, 3.8) is 0 Å². The van der Waals surface area contributed by atoms with Gasteiger partial charge in [0.05, 0.1) is 24.3 Å². The number of hydrogen-bond acceptors (Lipinski definition) is 9. The third-order valence-electron chi connectivity index (χ3n) is 17.9. The number of nitrogens with one attached hydrogen (secondary N) is 2. The van der Waals surface area contributed by atoms with Crippen LogP contribution in [0.25, 0.3) is 21.8 Å². The van der Waals surface area contributed by atoms with Gasteiger partial charge in [-0.05, 0) is 101 Å². The number of carbonyl (C=O) groups is 2. The Morgan fingerprint density at radius 1 is 0.459 bits per heavy atom. The normalized spacial score (nSPS) is 17.0. The topological polar surface area (TPSA) is 118 Å². The number of H-pyrrole nitrogens is 2. The van der Waals surface area contributed by atoms with Crippen molar-refractivity contribution in [2.45, 2.75) is 144 Å². The predicted octanol–water partition coefficient (Wildman–Crippen LogP) is 17.0. The number of cyclic esters (lactones) is 2. The molecule has 0 aliphatic carbocycles. The van der Waals surface area contributed by atoms with E-state index in [4.69, 9.17) is 23.7 Å². The Bertz CT molecular complexity index is 3320. The molecule has 0 amide bonds. The van der Waals surface area contributed by atoms with E-state index >= 15 is 0 Å². The van der Waals surface area contributed by atoms with Gasteiger partial charge < -0.3 is 43.5 Å². The minimum absolute atomic E-state index is 0.217. The van der Waals surface area contributed by atoms with Gasteiger partial charge >= 0.3 is 11.9 Å². The summed E-state index contributed by atoms with van der Waals surface area (Å²) in [6.45, 7) is 22.0. The Balaban J connectivity index is 0.966. The molecule has 4 heterocycles. The second-order valence-corrected chi connectivity index (χ2v) is 23.6. The predicted molar refractivity (Wildman–Crippen MR) is 345 cm³/mol. The van der Waals surface area contributed by atoms with Gasteiger partial charge in [-0.2, -0.15) is 0 Å². The molecule has 6 aromatic carbocycles. The number of unbranched alkanes of at least 4 members (excludes halogenated alkanes) is 6. The van der Waals surface area contributed by atoms with Gasteiger partial charge in [-0.15, -0.1) is 0 Å². The molecular weight excluding hydrogens is 1060 g/mol. The largest absolute Gasteiger partial charge is 0.491 e. The van der Waals surface area contributed by atoms with Crippen LogP contribution >= 0.6 is 0 Å². The number of hydrogen-bond donors (Lipinski definition) is 2. The minimum atomic E-state index is -1.32. The van der Waals surface area contributed by atoms with Crippen molar-refractivity contribution < 1.29 is 33.3 Å². The molecule has 0 bridgehead atoms. The standard InChI is InChI=1S/C74H90N4O7/c1-9-15-17-19-29-51(7)47-65-69(57-33-23-27-37-63(57)75-65)73(59-35-25-21-31-55(59)71(79)84-73)61-41-39-53(77(11-3)12-4)49-67(61)82-45-43-81-44-46-83-68-50-54(78(13-5)14-6)40-42-62(68)74(60-36-26-22-32-56(60)72(80)85-74)70-58-34-24-28-38-64(58)76-66(70)48-52(8)30-20-18-16-10-2/h21-28,31-42,49-52,75-76H,9-20,29-30,43-48H2,1-8H3. The van der Waals surface area contributed by atoms with Crippen LogP contribution in [-0.2, 0) is 38.3 Å². The van der Waals surface area contributed by atoms with Gasteiger partial charge in [-0.25, -0.2) is 9.59 Å². The van der Waals surface area contributed by atoms with Crippen LogP contribution in [0.2, 0.25) is 0 Å². The van der Waals surface area contributed by atoms with E-state index in [1.54, 1.807) is 0 Å². The van der Waals surface area contributed by atoms with Crippen molar-refractivity contribution in [3.8, 4) is 11.5 Å². The summed E-state index contributed by atoms with van der Waals surface area (Å²) in [7, 11) is 0. The summed E-state index contributed by atoms with van der Waals surface area (Å²) in [6.07, 6.45) is 13.5. The number of aromatic nitrogens is 2. The first-order valence-electron chi connectivity index (χ1n) is 32.0. The Kier molecular flexibility index (Phi) is 19.7. The first-order valence-corrected chi connectivity index (χ1v) is 32.0. The zero-order valence-corrected chi connectivity index (χ0v) is 51.8. The highest BCUT2D eigenvalue weighted by atomic mass is 16.6. The zero-order chi connectivity index (χ0) is 59.5. The number of fused-ring (bicyclic) bond motifs is 4. The number of benzene rings is 6. The Labute approximate surface area is 504 Å². The van der Waals surface area contributed by atoms with E-state index in [1.807, 2.05) is 48.5 Å². The highest BCUT2D eigenvalue weighted by molar-refractivity contribution is 6.00. The second kappa shape index (κ2) is 27.7. The van der Waals surface area contributed by atoms with Crippen LogP contribution in [0, 0.1) is 11.8 Å². The molecule has 11 heteroatoms. The van der Waals surface area contributed by atoms with Gasteiger partial charge in [0.2, 0.25) is 0 Å². The summed E-state index contributed by atoms with van der Waals surface area (Å²) in [6, 6.07) is 45.1. The van der Waals surface area contributed by atoms with E-state index in [0.29, 0.717) is 34.5 Å². The molecule has 448 valence electrons. The summed E-state index contributed by atoms with van der Waals surface area (Å²) in [5.41, 5.74) is 9.62. The summed E-state index contributed by atoms with van der Waals surface area (Å²) in [4.78, 5) is 41.1. The molecule has 2 aromatic heterocycles. The van der Waals surface area contributed by atoms with Crippen LogP contribution in [0.4, 0.5) is 11.4 Å². The molecule has 85 heavy (non-hydrogen) atoms. The minimum Gasteiger partial charge on any atom is -0.491 e. The molecule has 0 fully saturated rings. The average molecular weight is 1150 g/mol. The van der Waals surface area contributed by atoms with E-state index in [2.05, 4.69) is 160 Å². The number of ether oxygens (including phenoxy) is 5. The molecule has 2 aliphatic rings. The van der Waals surface area contributed by atoms with E-state index < -0.39 is 11.2 Å². The Morgan fingerprint density at radius 2 is 0.859 bits per heavy atom. The monoisotopic (exact) mass is 1150 g/mol. The molecule has 4 unspecified atom stereocenters. The molecule has 2 N–H and O–H groups in total. The van der Waals surface area contributed by atoms with Gasteiger partial charge in [-0.3, -0.25) is 0 Å². The molecule has 4 atom stereocenters. The van der Waals surface area contributed by atoms with E-state index in [0.717, 1.165) is 130 Å². The number of carbonyl (C=O) groups excluding carboxylic acids is 2. The molecule has 8 aromatic rings. The van der Waals surface area contributed by atoms with Crippen LogP contribution in [-0.4, -0.2) is 74.5 Å². The van der Waals surface area contributed by atoms with Crippen LogP contribution in [0.1, 0.15) is 185 Å². The van der Waals surface area contributed by atoms with Gasteiger partial charge in [0.25, 0.3) is 0 Å².